The SMILES string of the molecule is CC(C)c1ccccc1N1CCSC1=NC(=O)N=CC(C#N)c1ccc(-c2ncn(-c3ccc(OC(F)(F)F)cc3)n2)cc1. The van der Waals surface area contributed by atoms with Crippen LogP contribution in [-0.2, 0) is 0 Å². The molecule has 2 amide bonds. The lowest BCUT2D eigenvalue weighted by Crippen LogP contribution is -2.25. The first-order valence-electron chi connectivity index (χ1n) is 13.5. The number of halogens is 3. The van der Waals surface area contributed by atoms with E-state index in [1.807, 2.05) is 23.1 Å². The first kappa shape index (κ1) is 30.5. The minimum absolute atomic E-state index is 0.309. The Labute approximate surface area is 255 Å². The molecule has 1 aliphatic heterocycles. The number of alkyl halides is 3. The van der Waals surface area contributed by atoms with Crippen LogP contribution in [0.25, 0.3) is 17.1 Å². The van der Waals surface area contributed by atoms with Crippen LogP contribution in [0.4, 0.5) is 23.7 Å². The van der Waals surface area contributed by atoms with Gasteiger partial charge in [-0.25, -0.2) is 19.5 Å². The molecule has 1 unspecified atom stereocenters. The van der Waals surface area contributed by atoms with Gasteiger partial charge in [0.1, 0.15) is 18.0 Å². The Morgan fingerprint density at radius 2 is 1.82 bits per heavy atom. The number of rotatable bonds is 7. The zero-order valence-electron chi connectivity index (χ0n) is 23.6. The Morgan fingerprint density at radius 1 is 1.09 bits per heavy atom. The van der Waals surface area contributed by atoms with Crippen LogP contribution in [0.3, 0.4) is 0 Å². The Hall–Kier alpha value is -4.96. The summed E-state index contributed by atoms with van der Waals surface area (Å²) >= 11 is 1.49. The summed E-state index contributed by atoms with van der Waals surface area (Å²) in [4.78, 5) is 27.1. The number of carbonyl (C=O) groups excluding carboxylic acids is 1. The zero-order chi connectivity index (χ0) is 31.3. The fourth-order valence-corrected chi connectivity index (χ4v) is 5.49. The molecule has 0 N–H and O–H groups in total. The molecule has 0 bridgehead atoms. The van der Waals surface area contributed by atoms with Gasteiger partial charge in [-0.1, -0.05) is 68.1 Å². The third kappa shape index (κ3) is 7.33. The maximum absolute atomic E-state index is 12.7. The van der Waals surface area contributed by atoms with Gasteiger partial charge in [0.25, 0.3) is 0 Å². The number of hydrogen-bond acceptors (Lipinski definition) is 6. The van der Waals surface area contributed by atoms with Crippen LogP contribution in [-0.4, -0.2) is 50.8 Å². The highest BCUT2D eigenvalue weighted by Gasteiger charge is 2.31. The number of hydrogen-bond donors (Lipinski definition) is 0. The minimum Gasteiger partial charge on any atom is -0.406 e. The molecule has 0 spiro atoms. The molecule has 1 aromatic heterocycles. The maximum atomic E-state index is 12.7. The summed E-state index contributed by atoms with van der Waals surface area (Å²) in [7, 11) is 0. The van der Waals surface area contributed by atoms with Crippen molar-refractivity contribution >= 4 is 34.9 Å². The second-order valence-electron chi connectivity index (χ2n) is 9.95. The Kier molecular flexibility index (Phi) is 9.10. The normalized spacial score (nSPS) is 15.2. The summed E-state index contributed by atoms with van der Waals surface area (Å²) in [5, 5.41) is 14.7. The van der Waals surface area contributed by atoms with E-state index in [0.717, 1.165) is 18.0 Å². The Morgan fingerprint density at radius 3 is 2.50 bits per heavy atom. The van der Waals surface area contributed by atoms with E-state index >= 15 is 0 Å². The number of aromatic nitrogens is 3. The monoisotopic (exact) mass is 617 g/mol. The van der Waals surface area contributed by atoms with E-state index in [1.54, 1.807) is 24.3 Å². The van der Waals surface area contributed by atoms with Gasteiger partial charge in [-0.2, -0.15) is 10.3 Å². The molecule has 2 heterocycles. The first-order valence-corrected chi connectivity index (χ1v) is 14.5. The lowest BCUT2D eigenvalue weighted by atomic mass is 10.0. The van der Waals surface area contributed by atoms with Gasteiger partial charge in [-0.15, -0.1) is 18.3 Å². The second-order valence-corrected chi connectivity index (χ2v) is 11.0. The average Bonchev–Trinajstić information content (AvgIpc) is 3.68. The van der Waals surface area contributed by atoms with Crippen LogP contribution in [0.1, 0.15) is 36.8 Å². The second kappa shape index (κ2) is 13.1. The quantitative estimate of drug-likeness (QED) is 0.199. The zero-order valence-corrected chi connectivity index (χ0v) is 24.5. The molecule has 224 valence electrons. The third-order valence-electron chi connectivity index (χ3n) is 6.65. The highest BCUT2D eigenvalue weighted by atomic mass is 32.2. The molecule has 1 aliphatic rings. The van der Waals surface area contributed by atoms with Crippen LogP contribution in [0.15, 0.2) is 89.1 Å². The van der Waals surface area contributed by atoms with Gasteiger partial charge < -0.3 is 9.64 Å². The van der Waals surface area contributed by atoms with Gasteiger partial charge in [0.15, 0.2) is 11.0 Å². The maximum Gasteiger partial charge on any atom is 0.573 e. The number of nitriles is 1. The summed E-state index contributed by atoms with van der Waals surface area (Å²) in [5.41, 5.74) is 3.95. The van der Waals surface area contributed by atoms with Crippen molar-refractivity contribution in [2.24, 2.45) is 9.98 Å². The number of thioether (sulfide) groups is 1. The first-order chi connectivity index (χ1) is 21.1. The summed E-state index contributed by atoms with van der Waals surface area (Å²) in [6, 6.07) is 21.6. The molecular formula is C31H26F3N7O2S. The van der Waals surface area contributed by atoms with E-state index in [1.165, 1.54) is 58.8 Å². The fraction of sp³-hybridized carbons (Fsp3) is 0.226. The number of nitrogens with zero attached hydrogens (tertiary/aromatic N) is 7. The van der Waals surface area contributed by atoms with Crippen molar-refractivity contribution in [1.29, 1.82) is 5.26 Å². The van der Waals surface area contributed by atoms with E-state index in [-0.39, 0.29) is 5.75 Å². The molecule has 5 rings (SSSR count). The molecule has 9 nitrogen and oxygen atoms in total. The number of urea groups is 1. The topological polar surface area (TPSA) is 109 Å². The van der Waals surface area contributed by atoms with E-state index in [4.69, 9.17) is 0 Å². The van der Waals surface area contributed by atoms with Gasteiger partial charge in [0, 0.05) is 29.8 Å². The number of amidine groups is 1. The summed E-state index contributed by atoms with van der Waals surface area (Å²) in [5.74, 6) is 0.353. The van der Waals surface area contributed by atoms with Crippen LogP contribution in [0.2, 0.25) is 0 Å². The number of anilines is 1. The van der Waals surface area contributed by atoms with Gasteiger partial charge >= 0.3 is 12.4 Å². The Balaban J connectivity index is 1.25. The van der Waals surface area contributed by atoms with Gasteiger partial charge in [-0.3, -0.25) is 0 Å². The lowest BCUT2D eigenvalue weighted by molar-refractivity contribution is -0.274. The molecule has 44 heavy (non-hydrogen) atoms. The van der Waals surface area contributed by atoms with Crippen LogP contribution >= 0.6 is 11.8 Å². The minimum atomic E-state index is -4.77. The lowest BCUT2D eigenvalue weighted by Gasteiger charge is -2.22. The number of benzene rings is 3. The summed E-state index contributed by atoms with van der Waals surface area (Å²) in [6.45, 7) is 4.97. The predicted octanol–water partition coefficient (Wildman–Crippen LogP) is 7.36. The van der Waals surface area contributed by atoms with E-state index in [2.05, 4.69) is 50.8 Å². The predicted molar refractivity (Wildman–Crippen MR) is 163 cm³/mol. The van der Waals surface area contributed by atoms with Gasteiger partial charge in [-0.05, 0) is 47.4 Å². The Bertz CT molecular complexity index is 1730. The standard InChI is InChI=1S/C31H26F3N7O2S/c1-20(2)26-5-3-4-6-27(26)40-15-16-44-30(40)38-29(42)36-18-23(17-35)21-7-9-22(10-8-21)28-37-19-41(39-28)24-11-13-25(14-12-24)43-31(32,33)34/h3-14,18-20,23H,15-16H2,1-2H3. The molecule has 3 aromatic carbocycles. The smallest absolute Gasteiger partial charge is 0.406 e. The molecule has 13 heteroatoms. The number of aliphatic imine (C=N–C) groups is 2. The van der Waals surface area contributed by atoms with Crippen LogP contribution in [0, 0.1) is 11.3 Å². The van der Waals surface area contributed by atoms with E-state index in [9.17, 15) is 23.2 Å². The van der Waals surface area contributed by atoms with Crippen LogP contribution < -0.4 is 9.64 Å². The molecule has 4 aromatic rings. The summed E-state index contributed by atoms with van der Waals surface area (Å²) in [6.07, 6.45) is -2.05. The largest absolute Gasteiger partial charge is 0.573 e. The number of amides is 2. The third-order valence-corrected chi connectivity index (χ3v) is 7.60. The molecular weight excluding hydrogens is 591 g/mol. The van der Waals surface area contributed by atoms with Crippen molar-refractivity contribution in [2.75, 3.05) is 17.2 Å². The van der Waals surface area contributed by atoms with Crippen molar-refractivity contribution in [3.63, 3.8) is 0 Å². The molecule has 1 fully saturated rings. The van der Waals surface area contributed by atoms with E-state index < -0.39 is 18.3 Å². The van der Waals surface area contributed by atoms with Crippen molar-refractivity contribution in [2.45, 2.75) is 32.0 Å². The van der Waals surface area contributed by atoms with Crippen LogP contribution in [0.5, 0.6) is 5.75 Å². The fourth-order valence-electron chi connectivity index (χ4n) is 4.54. The van der Waals surface area contributed by atoms with Gasteiger partial charge in [0.2, 0.25) is 0 Å². The van der Waals surface area contributed by atoms with Crippen molar-refractivity contribution in [3.05, 3.63) is 90.3 Å². The number of carbonyl (C=O) groups is 1. The number of ether oxygens (including phenoxy) is 1. The highest BCUT2D eigenvalue weighted by molar-refractivity contribution is 8.14. The van der Waals surface area contributed by atoms with Gasteiger partial charge in [0.05, 0.1) is 11.8 Å². The molecule has 1 saturated heterocycles. The van der Waals surface area contributed by atoms with E-state index in [0.29, 0.717) is 33.7 Å². The molecule has 0 saturated carbocycles. The number of para-hydroxylation sites is 1. The molecule has 0 radical (unpaired) electrons. The summed E-state index contributed by atoms with van der Waals surface area (Å²) < 4.78 is 42.5. The molecule has 0 aliphatic carbocycles. The van der Waals surface area contributed by atoms with Crippen molar-refractivity contribution in [3.8, 4) is 28.9 Å². The van der Waals surface area contributed by atoms with Crippen molar-refractivity contribution in [1.82, 2.24) is 14.8 Å². The average molecular weight is 618 g/mol. The molecule has 1 atom stereocenters. The highest BCUT2D eigenvalue weighted by Crippen LogP contribution is 2.32. The van der Waals surface area contributed by atoms with Crippen molar-refractivity contribution < 1.29 is 22.7 Å².